The first-order chi connectivity index (χ1) is 10.6. The zero-order chi connectivity index (χ0) is 15.9. The zero-order valence-corrected chi connectivity index (χ0v) is 12.2. The number of carbonyl (C=O) groups excluding carboxylic acids is 1. The minimum Gasteiger partial charge on any atom is -0.340 e. The van der Waals surface area contributed by atoms with Crippen LogP contribution < -0.4 is 0 Å². The molecule has 0 radical (unpaired) electrons. The molecule has 0 aliphatic heterocycles. The second-order valence-electron chi connectivity index (χ2n) is 4.78. The number of benzene rings is 1. The summed E-state index contributed by atoms with van der Waals surface area (Å²) in [7, 11) is 1.74. The Hall–Kier alpha value is -2.71. The Kier molecular flexibility index (Phi) is 3.39. The Morgan fingerprint density at radius 3 is 2.82 bits per heavy atom. The van der Waals surface area contributed by atoms with E-state index in [1.807, 2.05) is 0 Å². The summed E-state index contributed by atoms with van der Waals surface area (Å²) >= 11 is 6.17. The molecule has 4 nitrogen and oxygen atoms in total. The molecule has 0 aliphatic rings. The zero-order valence-electron chi connectivity index (χ0n) is 11.5. The van der Waals surface area contributed by atoms with E-state index in [0.717, 1.165) is 6.29 Å². The molecule has 2 aromatic heterocycles. The van der Waals surface area contributed by atoms with Gasteiger partial charge in [0.05, 0.1) is 23.0 Å². The lowest BCUT2D eigenvalue weighted by Crippen LogP contribution is -1.94. The molecule has 0 atom stereocenters. The van der Waals surface area contributed by atoms with Crippen LogP contribution in [0.25, 0.3) is 22.0 Å². The monoisotopic (exact) mass is 313 g/mol. The van der Waals surface area contributed by atoms with Crippen LogP contribution in [0.3, 0.4) is 0 Å². The first-order valence-electron chi connectivity index (χ1n) is 6.36. The lowest BCUT2D eigenvalue weighted by atomic mass is 10.0. The molecule has 6 heteroatoms. The van der Waals surface area contributed by atoms with E-state index in [1.54, 1.807) is 36.0 Å². The normalized spacial score (nSPS) is 10.6. The minimum atomic E-state index is -0.625. The summed E-state index contributed by atoms with van der Waals surface area (Å²) in [6, 6.07) is 7.70. The highest BCUT2D eigenvalue weighted by molar-refractivity contribution is 6.33. The average Bonchev–Trinajstić information content (AvgIpc) is 2.83. The van der Waals surface area contributed by atoms with Gasteiger partial charge in [0.1, 0.15) is 17.0 Å². The van der Waals surface area contributed by atoms with E-state index in [4.69, 9.17) is 16.9 Å². The summed E-state index contributed by atoms with van der Waals surface area (Å²) in [5.74, 6) is -0.625. The first-order valence-corrected chi connectivity index (χ1v) is 6.73. The fourth-order valence-corrected chi connectivity index (χ4v) is 2.70. The maximum Gasteiger partial charge on any atom is 0.166 e. The highest BCUT2D eigenvalue weighted by Gasteiger charge is 2.16. The lowest BCUT2D eigenvalue weighted by Gasteiger charge is -2.07. The SMILES string of the molecule is Cn1c(C=O)cc2c(-c3ccc(C#N)c(F)c3)c(Cl)ncc21. The maximum absolute atomic E-state index is 13.9. The van der Waals surface area contributed by atoms with Gasteiger partial charge in [-0.3, -0.25) is 4.79 Å². The van der Waals surface area contributed by atoms with Crippen molar-refractivity contribution in [1.82, 2.24) is 9.55 Å². The Morgan fingerprint density at radius 1 is 1.41 bits per heavy atom. The van der Waals surface area contributed by atoms with Crippen LogP contribution in [0, 0.1) is 17.1 Å². The van der Waals surface area contributed by atoms with Crippen LogP contribution in [0.1, 0.15) is 16.1 Å². The van der Waals surface area contributed by atoms with Gasteiger partial charge >= 0.3 is 0 Å². The van der Waals surface area contributed by atoms with Gasteiger partial charge in [-0.15, -0.1) is 0 Å². The summed E-state index contributed by atoms with van der Waals surface area (Å²) in [6.07, 6.45) is 2.30. The molecular weight excluding hydrogens is 305 g/mol. The Morgan fingerprint density at radius 2 is 2.18 bits per heavy atom. The molecule has 0 fully saturated rings. The van der Waals surface area contributed by atoms with Crippen molar-refractivity contribution in [3.05, 3.63) is 52.7 Å². The summed E-state index contributed by atoms with van der Waals surface area (Å²) < 4.78 is 15.6. The standard InChI is InChI=1S/C16H9ClFN3O/c1-21-11(8-22)5-12-14(21)7-20-16(17)15(12)9-2-3-10(6-19)13(18)4-9/h2-5,7-8H,1H3. The fourth-order valence-electron chi connectivity index (χ4n) is 2.44. The van der Waals surface area contributed by atoms with E-state index in [1.165, 1.54) is 12.1 Å². The number of rotatable bonds is 2. The number of aldehydes is 1. The number of nitriles is 1. The minimum absolute atomic E-state index is 0.0401. The largest absolute Gasteiger partial charge is 0.340 e. The second-order valence-corrected chi connectivity index (χ2v) is 5.13. The first kappa shape index (κ1) is 14.2. The molecule has 2 heterocycles. The third-order valence-electron chi connectivity index (χ3n) is 3.59. The van der Waals surface area contributed by atoms with E-state index in [-0.39, 0.29) is 10.7 Å². The molecule has 0 saturated heterocycles. The number of hydrogen-bond acceptors (Lipinski definition) is 3. The quantitative estimate of drug-likeness (QED) is 0.535. The van der Waals surface area contributed by atoms with Crippen molar-refractivity contribution in [2.24, 2.45) is 7.05 Å². The number of nitrogens with zero attached hydrogens (tertiary/aromatic N) is 3. The Balaban J connectivity index is 2.35. The molecule has 0 unspecified atom stereocenters. The summed E-state index contributed by atoms with van der Waals surface area (Å²) in [5, 5.41) is 9.72. The number of fused-ring (bicyclic) bond motifs is 1. The van der Waals surface area contributed by atoms with Gasteiger partial charge in [-0.2, -0.15) is 5.26 Å². The van der Waals surface area contributed by atoms with Crippen molar-refractivity contribution in [3.8, 4) is 17.2 Å². The number of halogens is 2. The average molecular weight is 314 g/mol. The van der Waals surface area contributed by atoms with Gasteiger partial charge in [-0.25, -0.2) is 9.37 Å². The maximum atomic E-state index is 13.9. The Bertz CT molecular complexity index is 956. The number of aromatic nitrogens is 2. The van der Waals surface area contributed by atoms with Gasteiger partial charge in [0.2, 0.25) is 0 Å². The third-order valence-corrected chi connectivity index (χ3v) is 3.88. The van der Waals surface area contributed by atoms with E-state index in [2.05, 4.69) is 4.98 Å². The summed E-state index contributed by atoms with van der Waals surface area (Å²) in [4.78, 5) is 15.2. The predicted octanol–water partition coefficient (Wildman–Crippen LogP) is 3.72. The van der Waals surface area contributed by atoms with E-state index < -0.39 is 5.82 Å². The highest BCUT2D eigenvalue weighted by atomic mass is 35.5. The lowest BCUT2D eigenvalue weighted by molar-refractivity contribution is 0.111. The molecule has 1 aromatic carbocycles. The molecule has 3 aromatic rings. The van der Waals surface area contributed by atoms with Crippen LogP contribution in [0.2, 0.25) is 5.15 Å². The van der Waals surface area contributed by atoms with Crippen molar-refractivity contribution in [2.75, 3.05) is 0 Å². The molecule has 0 aliphatic carbocycles. The van der Waals surface area contributed by atoms with E-state index in [0.29, 0.717) is 27.7 Å². The molecule has 108 valence electrons. The van der Waals surface area contributed by atoms with Gasteiger partial charge in [0.15, 0.2) is 6.29 Å². The Labute approximate surface area is 130 Å². The summed E-state index contributed by atoms with van der Waals surface area (Å²) in [5.41, 5.74) is 2.18. The van der Waals surface area contributed by atoms with Crippen LogP contribution in [-0.4, -0.2) is 15.8 Å². The molecule has 22 heavy (non-hydrogen) atoms. The van der Waals surface area contributed by atoms with Crippen LogP contribution >= 0.6 is 11.6 Å². The van der Waals surface area contributed by atoms with Gasteiger partial charge < -0.3 is 4.57 Å². The highest BCUT2D eigenvalue weighted by Crippen LogP contribution is 2.35. The third kappa shape index (κ3) is 2.05. The van der Waals surface area contributed by atoms with Crippen molar-refractivity contribution in [3.63, 3.8) is 0 Å². The number of hydrogen-bond donors (Lipinski definition) is 0. The molecular formula is C16H9ClFN3O. The van der Waals surface area contributed by atoms with E-state index in [9.17, 15) is 9.18 Å². The molecule has 0 bridgehead atoms. The summed E-state index contributed by atoms with van der Waals surface area (Å²) in [6.45, 7) is 0. The van der Waals surface area contributed by atoms with Crippen molar-refractivity contribution in [2.45, 2.75) is 0 Å². The van der Waals surface area contributed by atoms with Crippen LogP contribution in [-0.2, 0) is 7.05 Å². The van der Waals surface area contributed by atoms with Gasteiger partial charge in [-0.05, 0) is 23.8 Å². The smallest absolute Gasteiger partial charge is 0.166 e. The van der Waals surface area contributed by atoms with Gasteiger partial charge in [0.25, 0.3) is 0 Å². The topological polar surface area (TPSA) is 58.7 Å². The van der Waals surface area contributed by atoms with E-state index >= 15 is 0 Å². The molecule has 0 saturated carbocycles. The van der Waals surface area contributed by atoms with Crippen LogP contribution in [0.15, 0.2) is 30.5 Å². The van der Waals surface area contributed by atoms with Crippen LogP contribution in [0.5, 0.6) is 0 Å². The van der Waals surface area contributed by atoms with Crippen molar-refractivity contribution < 1.29 is 9.18 Å². The van der Waals surface area contributed by atoms with Gasteiger partial charge in [-0.1, -0.05) is 17.7 Å². The van der Waals surface area contributed by atoms with Crippen LogP contribution in [0.4, 0.5) is 4.39 Å². The number of aryl methyl sites for hydroxylation is 1. The fraction of sp³-hybridized carbons (Fsp3) is 0.0625. The molecule has 3 rings (SSSR count). The van der Waals surface area contributed by atoms with Gasteiger partial charge in [0, 0.05) is 18.0 Å². The molecule has 0 N–H and O–H groups in total. The second kappa shape index (κ2) is 5.24. The number of pyridine rings is 1. The molecule has 0 amide bonds. The van der Waals surface area contributed by atoms with Crippen molar-refractivity contribution >= 4 is 28.8 Å². The van der Waals surface area contributed by atoms with Crippen molar-refractivity contribution in [1.29, 1.82) is 5.26 Å². The predicted molar refractivity (Wildman–Crippen MR) is 81.2 cm³/mol. The molecule has 0 spiro atoms. The number of carbonyl (C=O) groups is 1.